The van der Waals surface area contributed by atoms with Crippen LogP contribution in [0.5, 0.6) is 0 Å². The number of halogens is 2. The highest BCUT2D eigenvalue weighted by atomic mass is 35.5. The molecule has 0 unspecified atom stereocenters. The third kappa shape index (κ3) is 1.89. The molecule has 0 aliphatic carbocycles. The van der Waals surface area contributed by atoms with Crippen LogP contribution in [0.4, 0.5) is 10.1 Å². The molecule has 0 saturated heterocycles. The summed E-state index contributed by atoms with van der Waals surface area (Å²) in [5, 5.41) is 0.231. The second-order valence-corrected chi connectivity index (χ2v) is 4.84. The minimum Gasteiger partial charge on any atom is -0.300 e. The van der Waals surface area contributed by atoms with Crippen molar-refractivity contribution in [2.75, 3.05) is 4.90 Å². The summed E-state index contributed by atoms with van der Waals surface area (Å²) in [6.07, 6.45) is 0. The Bertz CT molecular complexity index is 709. The summed E-state index contributed by atoms with van der Waals surface area (Å²) in [5.41, 5.74) is 1.03. The number of para-hydroxylation sites is 1. The summed E-state index contributed by atoms with van der Waals surface area (Å²) < 4.78 is 13.8. The molecule has 3 rings (SSSR count). The number of amides is 1. The second kappa shape index (κ2) is 4.72. The molecular formula is C15H9ClFNO2. The van der Waals surface area contributed by atoms with Crippen molar-refractivity contribution in [2.45, 2.75) is 6.54 Å². The van der Waals surface area contributed by atoms with Crippen LogP contribution in [0.25, 0.3) is 0 Å². The summed E-state index contributed by atoms with van der Waals surface area (Å²) in [6, 6.07) is 11.0. The van der Waals surface area contributed by atoms with Crippen LogP contribution in [0.1, 0.15) is 15.9 Å². The number of carbonyl (C=O) groups is 2. The van der Waals surface area contributed by atoms with E-state index in [9.17, 15) is 14.0 Å². The lowest BCUT2D eigenvalue weighted by Crippen LogP contribution is -2.29. The van der Waals surface area contributed by atoms with Gasteiger partial charge in [-0.2, -0.15) is 0 Å². The second-order valence-electron chi connectivity index (χ2n) is 4.44. The van der Waals surface area contributed by atoms with Crippen LogP contribution in [0.3, 0.4) is 0 Å². The maximum Gasteiger partial charge on any atom is 0.299 e. The molecule has 2 aromatic carbocycles. The van der Waals surface area contributed by atoms with Crippen LogP contribution >= 0.6 is 11.6 Å². The molecule has 0 aromatic heterocycles. The first-order chi connectivity index (χ1) is 9.59. The van der Waals surface area contributed by atoms with Crippen LogP contribution in [-0.4, -0.2) is 11.7 Å². The van der Waals surface area contributed by atoms with Gasteiger partial charge in [0.05, 0.1) is 17.8 Å². The van der Waals surface area contributed by atoms with Gasteiger partial charge in [0, 0.05) is 10.6 Å². The lowest BCUT2D eigenvalue weighted by Gasteiger charge is -2.17. The highest BCUT2D eigenvalue weighted by molar-refractivity contribution is 6.52. The predicted molar refractivity (Wildman–Crippen MR) is 73.4 cm³/mol. The molecule has 0 radical (unpaired) electrons. The van der Waals surface area contributed by atoms with Gasteiger partial charge in [0.25, 0.3) is 11.7 Å². The Hall–Kier alpha value is -2.20. The van der Waals surface area contributed by atoms with Gasteiger partial charge in [0.1, 0.15) is 5.82 Å². The van der Waals surface area contributed by atoms with E-state index in [1.807, 2.05) is 0 Å². The molecular weight excluding hydrogens is 281 g/mol. The zero-order valence-electron chi connectivity index (χ0n) is 10.3. The predicted octanol–water partition coefficient (Wildman–Crippen LogP) is 3.21. The average molecular weight is 290 g/mol. The normalized spacial score (nSPS) is 13.8. The number of carbonyl (C=O) groups excluding carboxylic acids is 2. The fourth-order valence-corrected chi connectivity index (χ4v) is 2.47. The molecule has 1 aliphatic rings. The van der Waals surface area contributed by atoms with Crippen molar-refractivity contribution in [3.63, 3.8) is 0 Å². The standard InChI is InChI=1S/C15H9ClFNO2/c16-11-5-3-6-12(17)10(11)8-18-13-7-2-1-4-9(13)14(19)15(18)20/h1-7H,8H2. The third-order valence-electron chi connectivity index (χ3n) is 3.26. The molecule has 0 N–H and O–H groups in total. The number of benzene rings is 2. The number of ketones is 1. The summed E-state index contributed by atoms with van der Waals surface area (Å²) in [6.45, 7) is -0.0624. The van der Waals surface area contributed by atoms with Gasteiger partial charge in [-0.3, -0.25) is 9.59 Å². The zero-order chi connectivity index (χ0) is 14.3. The van der Waals surface area contributed by atoms with Crippen molar-refractivity contribution in [1.29, 1.82) is 0 Å². The molecule has 3 nitrogen and oxygen atoms in total. The number of hydrogen-bond acceptors (Lipinski definition) is 2. The van der Waals surface area contributed by atoms with Crippen molar-refractivity contribution < 1.29 is 14.0 Å². The van der Waals surface area contributed by atoms with Crippen molar-refractivity contribution in [2.24, 2.45) is 0 Å². The summed E-state index contributed by atoms with van der Waals surface area (Å²) in [5.74, 6) is -1.74. The Kier molecular flexibility index (Phi) is 3.03. The highest BCUT2D eigenvalue weighted by Gasteiger charge is 2.35. The maximum absolute atomic E-state index is 13.8. The van der Waals surface area contributed by atoms with E-state index >= 15 is 0 Å². The van der Waals surface area contributed by atoms with Crippen molar-refractivity contribution in [3.05, 3.63) is 64.4 Å². The van der Waals surface area contributed by atoms with E-state index in [1.165, 1.54) is 17.0 Å². The van der Waals surface area contributed by atoms with Crippen LogP contribution in [0, 0.1) is 5.82 Å². The minimum absolute atomic E-state index is 0.0624. The van der Waals surface area contributed by atoms with Crippen LogP contribution in [-0.2, 0) is 11.3 Å². The molecule has 0 atom stereocenters. The molecule has 0 spiro atoms. The van der Waals surface area contributed by atoms with Crippen LogP contribution < -0.4 is 4.90 Å². The van der Waals surface area contributed by atoms with Crippen molar-refractivity contribution >= 4 is 29.0 Å². The number of rotatable bonds is 2. The molecule has 1 aliphatic heterocycles. The molecule has 0 bridgehead atoms. The third-order valence-corrected chi connectivity index (χ3v) is 3.61. The largest absolute Gasteiger partial charge is 0.300 e. The number of Topliss-reactive ketones (excluding diaryl/α,β-unsaturated/α-hetero) is 1. The Balaban J connectivity index is 2.04. The van der Waals surface area contributed by atoms with Gasteiger partial charge >= 0.3 is 0 Å². The molecule has 1 amide bonds. The van der Waals surface area contributed by atoms with E-state index in [-0.39, 0.29) is 17.1 Å². The van der Waals surface area contributed by atoms with E-state index in [0.29, 0.717) is 11.3 Å². The Labute approximate surface area is 119 Å². The number of anilines is 1. The maximum atomic E-state index is 13.8. The molecule has 0 fully saturated rings. The first-order valence-electron chi connectivity index (χ1n) is 5.97. The highest BCUT2D eigenvalue weighted by Crippen LogP contribution is 2.31. The number of hydrogen-bond donors (Lipinski definition) is 0. The van der Waals surface area contributed by atoms with Gasteiger partial charge in [-0.1, -0.05) is 29.8 Å². The summed E-state index contributed by atoms with van der Waals surface area (Å²) in [4.78, 5) is 25.1. The van der Waals surface area contributed by atoms with Crippen molar-refractivity contribution in [1.82, 2.24) is 0 Å². The van der Waals surface area contributed by atoms with Gasteiger partial charge in [0.15, 0.2) is 0 Å². The molecule has 0 saturated carbocycles. The zero-order valence-corrected chi connectivity index (χ0v) is 11.0. The minimum atomic E-state index is -0.662. The topological polar surface area (TPSA) is 37.4 Å². The van der Waals surface area contributed by atoms with Gasteiger partial charge in [-0.15, -0.1) is 0 Å². The SMILES string of the molecule is O=C1C(=O)N(Cc2c(F)cccc2Cl)c2ccccc21. The Morgan fingerprint density at radius 2 is 1.80 bits per heavy atom. The van der Waals surface area contributed by atoms with Crippen LogP contribution in [0.15, 0.2) is 42.5 Å². The Morgan fingerprint density at radius 3 is 2.55 bits per heavy atom. The molecule has 1 heterocycles. The van der Waals surface area contributed by atoms with Gasteiger partial charge < -0.3 is 4.90 Å². The van der Waals surface area contributed by atoms with Gasteiger partial charge in [-0.05, 0) is 24.3 Å². The van der Waals surface area contributed by atoms with E-state index in [2.05, 4.69) is 0 Å². The summed E-state index contributed by atoms with van der Waals surface area (Å²) in [7, 11) is 0. The monoisotopic (exact) mass is 289 g/mol. The first kappa shape index (κ1) is 12.8. The molecule has 20 heavy (non-hydrogen) atoms. The number of fused-ring (bicyclic) bond motifs is 1. The van der Waals surface area contributed by atoms with Gasteiger partial charge in [-0.25, -0.2) is 4.39 Å². The number of nitrogens with zero attached hydrogens (tertiary/aromatic N) is 1. The molecule has 100 valence electrons. The molecule has 2 aromatic rings. The average Bonchev–Trinajstić information content (AvgIpc) is 2.68. The van der Waals surface area contributed by atoms with Crippen LogP contribution in [0.2, 0.25) is 5.02 Å². The lowest BCUT2D eigenvalue weighted by atomic mass is 10.1. The molecule has 5 heteroatoms. The Morgan fingerprint density at radius 1 is 1.05 bits per heavy atom. The van der Waals surface area contributed by atoms with E-state index in [1.54, 1.807) is 30.3 Å². The first-order valence-corrected chi connectivity index (χ1v) is 6.35. The van der Waals surface area contributed by atoms with E-state index < -0.39 is 17.5 Å². The smallest absolute Gasteiger partial charge is 0.299 e. The summed E-state index contributed by atoms with van der Waals surface area (Å²) >= 11 is 5.96. The fraction of sp³-hybridized carbons (Fsp3) is 0.0667. The van der Waals surface area contributed by atoms with E-state index in [0.717, 1.165) is 0 Å². The van der Waals surface area contributed by atoms with Crippen molar-refractivity contribution in [3.8, 4) is 0 Å². The quantitative estimate of drug-likeness (QED) is 0.796. The fourth-order valence-electron chi connectivity index (χ4n) is 2.25. The van der Waals surface area contributed by atoms with E-state index in [4.69, 9.17) is 11.6 Å². The van der Waals surface area contributed by atoms with Gasteiger partial charge in [0.2, 0.25) is 0 Å². The lowest BCUT2D eigenvalue weighted by molar-refractivity contribution is -0.114.